The van der Waals surface area contributed by atoms with Crippen LogP contribution in [-0.4, -0.2) is 32.4 Å². The van der Waals surface area contributed by atoms with E-state index < -0.39 is 19.9 Å². The van der Waals surface area contributed by atoms with Crippen molar-refractivity contribution < 1.29 is 21.3 Å². The van der Waals surface area contributed by atoms with Crippen molar-refractivity contribution in [3.05, 3.63) is 76.9 Å². The number of nitrogens with zero attached hydrogens (tertiary/aromatic N) is 2. The molecule has 28 heavy (non-hydrogen) atoms. The largest absolute Gasteiger partial charge is 0.468 e. The Morgan fingerprint density at radius 2 is 1.86 bits per heavy atom. The average molecular weight is 485 g/mol. The number of sulfone groups is 1. The lowest BCUT2D eigenvalue weighted by Gasteiger charge is -2.22. The van der Waals surface area contributed by atoms with E-state index in [0.717, 1.165) is 12.3 Å². The molecule has 0 radical (unpaired) electrons. The first kappa shape index (κ1) is 20.7. The Kier molecular flexibility index (Phi) is 6.04. The van der Waals surface area contributed by atoms with Crippen molar-refractivity contribution in [1.29, 1.82) is 0 Å². The molecule has 7 nitrogen and oxygen atoms in total. The molecule has 0 aliphatic carbocycles. The first-order chi connectivity index (χ1) is 13.2. The van der Waals surface area contributed by atoms with Crippen LogP contribution in [0.4, 0.5) is 0 Å². The molecule has 0 atom stereocenters. The number of pyridine rings is 1. The van der Waals surface area contributed by atoms with Crippen molar-refractivity contribution in [1.82, 2.24) is 9.29 Å². The van der Waals surface area contributed by atoms with Crippen molar-refractivity contribution in [2.45, 2.75) is 22.9 Å². The number of hydrogen-bond donors (Lipinski definition) is 0. The van der Waals surface area contributed by atoms with Crippen LogP contribution in [0.1, 0.15) is 11.3 Å². The normalized spacial score (nSPS) is 12.4. The minimum atomic E-state index is -4.05. The zero-order valence-electron chi connectivity index (χ0n) is 14.8. The van der Waals surface area contributed by atoms with Crippen molar-refractivity contribution in [2.24, 2.45) is 0 Å². The molecular weight excluding hydrogens is 468 g/mol. The van der Waals surface area contributed by atoms with Gasteiger partial charge in [-0.15, -0.1) is 0 Å². The number of benzene rings is 1. The molecule has 3 aromatic rings. The fraction of sp³-hybridized carbons (Fsp3) is 0.167. The molecule has 0 saturated heterocycles. The first-order valence-electron chi connectivity index (χ1n) is 8.09. The highest BCUT2D eigenvalue weighted by atomic mass is 79.9. The van der Waals surface area contributed by atoms with Crippen LogP contribution in [0.5, 0.6) is 0 Å². The minimum absolute atomic E-state index is 0.0141. The van der Waals surface area contributed by atoms with Gasteiger partial charge in [0.25, 0.3) is 0 Å². The summed E-state index contributed by atoms with van der Waals surface area (Å²) < 4.78 is 57.4. The highest BCUT2D eigenvalue weighted by Gasteiger charge is 2.29. The van der Waals surface area contributed by atoms with Gasteiger partial charge >= 0.3 is 0 Å². The summed E-state index contributed by atoms with van der Waals surface area (Å²) in [5, 5.41) is 0. The third-order valence-electron chi connectivity index (χ3n) is 3.94. The molecule has 2 heterocycles. The van der Waals surface area contributed by atoms with E-state index in [4.69, 9.17) is 4.42 Å². The van der Waals surface area contributed by atoms with Crippen LogP contribution < -0.4 is 0 Å². The molecular formula is C18H17BrN2O5S2. The van der Waals surface area contributed by atoms with Crippen LogP contribution in [0.2, 0.25) is 0 Å². The lowest BCUT2D eigenvalue weighted by Crippen LogP contribution is -2.30. The van der Waals surface area contributed by atoms with Gasteiger partial charge in [0.1, 0.15) is 5.76 Å². The zero-order valence-corrected chi connectivity index (χ0v) is 18.0. The molecule has 0 fully saturated rings. The van der Waals surface area contributed by atoms with Gasteiger partial charge < -0.3 is 4.42 Å². The Labute approximate surface area is 172 Å². The van der Waals surface area contributed by atoms with Crippen molar-refractivity contribution in [3.63, 3.8) is 0 Å². The summed E-state index contributed by atoms with van der Waals surface area (Å²) in [6.45, 7) is 0.0339. The standard InChI is InChI=1S/C18H17BrN2O5S2/c1-27(22,23)16-6-7-17(19)18(10-16)28(24,25)21(13-15-5-3-9-26-15)12-14-4-2-8-20-11-14/h2-11H,12-13H2,1H3. The number of hydrogen-bond acceptors (Lipinski definition) is 6. The summed E-state index contributed by atoms with van der Waals surface area (Å²) >= 11 is 3.23. The maximum absolute atomic E-state index is 13.4. The van der Waals surface area contributed by atoms with E-state index in [1.165, 1.54) is 22.7 Å². The second-order valence-corrected chi connectivity index (χ2v) is 10.9. The maximum atomic E-state index is 13.4. The fourth-order valence-corrected chi connectivity index (χ4v) is 5.62. The van der Waals surface area contributed by atoms with Crippen LogP contribution in [0.25, 0.3) is 0 Å². The molecule has 0 bridgehead atoms. The number of sulfonamides is 1. The average Bonchev–Trinajstić information content (AvgIpc) is 3.14. The number of aromatic nitrogens is 1. The molecule has 0 amide bonds. The molecule has 0 saturated carbocycles. The fourth-order valence-electron chi connectivity index (χ4n) is 2.55. The number of halogens is 1. The van der Waals surface area contributed by atoms with E-state index in [9.17, 15) is 16.8 Å². The summed E-state index contributed by atoms with van der Waals surface area (Å²) in [5.41, 5.74) is 0.688. The molecule has 148 valence electrons. The summed E-state index contributed by atoms with van der Waals surface area (Å²) in [4.78, 5) is 3.81. The molecule has 2 aromatic heterocycles. The van der Waals surface area contributed by atoms with Gasteiger partial charge in [-0.2, -0.15) is 4.31 Å². The lowest BCUT2D eigenvalue weighted by atomic mass is 10.3. The Morgan fingerprint density at radius 1 is 1.07 bits per heavy atom. The third-order valence-corrected chi connectivity index (χ3v) is 7.84. The van der Waals surface area contributed by atoms with E-state index in [2.05, 4.69) is 20.9 Å². The SMILES string of the molecule is CS(=O)(=O)c1ccc(Br)c(S(=O)(=O)N(Cc2cccnc2)Cc2ccco2)c1. The van der Waals surface area contributed by atoms with Crippen molar-refractivity contribution >= 4 is 35.8 Å². The summed E-state index contributed by atoms with van der Waals surface area (Å²) in [6.07, 6.45) is 5.67. The van der Waals surface area contributed by atoms with Gasteiger partial charge in [-0.25, -0.2) is 16.8 Å². The molecule has 0 aliphatic heterocycles. The predicted molar refractivity (Wildman–Crippen MR) is 107 cm³/mol. The maximum Gasteiger partial charge on any atom is 0.244 e. The lowest BCUT2D eigenvalue weighted by molar-refractivity contribution is 0.358. The Bertz CT molecular complexity index is 1160. The second-order valence-electron chi connectivity index (χ2n) is 6.08. The molecule has 0 aliphatic rings. The Hall–Kier alpha value is -2.01. The monoisotopic (exact) mass is 484 g/mol. The van der Waals surface area contributed by atoms with E-state index in [0.29, 0.717) is 11.3 Å². The van der Waals surface area contributed by atoms with E-state index in [1.807, 2.05) is 0 Å². The molecule has 1 aromatic carbocycles. The topological polar surface area (TPSA) is 97.5 Å². The van der Waals surface area contributed by atoms with Crippen LogP contribution in [0, 0.1) is 0 Å². The third kappa shape index (κ3) is 4.69. The highest BCUT2D eigenvalue weighted by Crippen LogP contribution is 2.29. The van der Waals surface area contributed by atoms with Crippen LogP contribution in [-0.2, 0) is 33.0 Å². The van der Waals surface area contributed by atoms with Gasteiger partial charge in [0.2, 0.25) is 10.0 Å². The quantitative estimate of drug-likeness (QED) is 0.510. The summed E-state index contributed by atoms with van der Waals surface area (Å²) in [7, 11) is -7.62. The highest BCUT2D eigenvalue weighted by molar-refractivity contribution is 9.10. The van der Waals surface area contributed by atoms with Gasteiger partial charge in [0.15, 0.2) is 9.84 Å². The van der Waals surface area contributed by atoms with Crippen molar-refractivity contribution in [2.75, 3.05) is 6.26 Å². The molecule has 0 N–H and O–H groups in total. The predicted octanol–water partition coefficient (Wildman–Crippen LogP) is 3.23. The molecule has 10 heteroatoms. The van der Waals surface area contributed by atoms with Crippen LogP contribution >= 0.6 is 15.9 Å². The zero-order chi connectivity index (χ0) is 20.4. The van der Waals surface area contributed by atoms with Gasteiger partial charge in [-0.1, -0.05) is 6.07 Å². The number of rotatable bonds is 7. The van der Waals surface area contributed by atoms with E-state index >= 15 is 0 Å². The second kappa shape index (κ2) is 8.16. The molecule has 0 spiro atoms. The van der Waals surface area contributed by atoms with Crippen LogP contribution in [0.3, 0.4) is 0 Å². The smallest absolute Gasteiger partial charge is 0.244 e. The molecule has 0 unspecified atom stereocenters. The summed E-state index contributed by atoms with van der Waals surface area (Å²) in [6, 6.07) is 10.8. The van der Waals surface area contributed by atoms with Crippen LogP contribution in [0.15, 0.2) is 79.8 Å². The van der Waals surface area contributed by atoms with Crippen molar-refractivity contribution in [3.8, 4) is 0 Å². The Balaban J connectivity index is 2.07. The first-order valence-corrected chi connectivity index (χ1v) is 12.2. The molecule has 3 rings (SSSR count). The Morgan fingerprint density at radius 3 is 2.46 bits per heavy atom. The number of furan rings is 1. The summed E-state index contributed by atoms with van der Waals surface area (Å²) in [5.74, 6) is 0.461. The van der Waals surface area contributed by atoms with Gasteiger partial charge in [-0.3, -0.25) is 4.98 Å². The van der Waals surface area contributed by atoms with E-state index in [1.54, 1.807) is 36.7 Å². The van der Waals surface area contributed by atoms with Gasteiger partial charge in [0.05, 0.1) is 22.6 Å². The minimum Gasteiger partial charge on any atom is -0.468 e. The van der Waals surface area contributed by atoms with Gasteiger partial charge in [0, 0.05) is 29.7 Å². The van der Waals surface area contributed by atoms with E-state index in [-0.39, 0.29) is 27.4 Å². The van der Waals surface area contributed by atoms with Gasteiger partial charge in [-0.05, 0) is 57.9 Å².